The topological polar surface area (TPSA) is 64.4 Å². The Morgan fingerprint density at radius 3 is 2.77 bits per heavy atom. The van der Waals surface area contributed by atoms with E-state index in [1.807, 2.05) is 16.8 Å². The molecule has 22 heavy (non-hydrogen) atoms. The van der Waals surface area contributed by atoms with Crippen LogP contribution < -0.4 is 0 Å². The van der Waals surface area contributed by atoms with E-state index in [0.717, 1.165) is 5.82 Å². The maximum Gasteiger partial charge on any atom is 0.243 e. The maximum absolute atomic E-state index is 12.9. The summed E-state index contributed by atoms with van der Waals surface area (Å²) in [5.74, 6) is 0.858. The van der Waals surface area contributed by atoms with Crippen molar-refractivity contribution in [2.24, 2.45) is 5.92 Å². The maximum atomic E-state index is 12.9. The molecule has 2 aromatic rings. The van der Waals surface area contributed by atoms with Crippen LogP contribution in [0.5, 0.6) is 0 Å². The third-order valence-corrected chi connectivity index (χ3v) is 5.65. The number of fused-ring (bicyclic) bond motifs is 1. The molecule has 0 radical (unpaired) electrons. The summed E-state index contributed by atoms with van der Waals surface area (Å²) in [6, 6.07) is 8.52. The van der Waals surface area contributed by atoms with Crippen molar-refractivity contribution in [2.45, 2.75) is 18.0 Å². The van der Waals surface area contributed by atoms with Crippen LogP contribution in [-0.2, 0) is 27.8 Å². The molecule has 7 heteroatoms. The lowest BCUT2D eigenvalue weighted by Gasteiger charge is -2.23. The fourth-order valence-electron chi connectivity index (χ4n) is 2.77. The molecule has 0 spiro atoms. The average Bonchev–Trinajstić information content (AvgIpc) is 2.87. The number of hydrogen-bond acceptors (Lipinski definition) is 4. The molecule has 0 amide bonds. The molecule has 3 rings (SSSR count). The quantitative estimate of drug-likeness (QED) is 0.853. The minimum atomic E-state index is -3.53. The molecule has 0 saturated carbocycles. The van der Waals surface area contributed by atoms with Crippen LogP contribution in [0.4, 0.5) is 0 Å². The van der Waals surface area contributed by atoms with Gasteiger partial charge in [0, 0.05) is 38.5 Å². The first-order valence-corrected chi connectivity index (χ1v) is 8.59. The Kier molecular flexibility index (Phi) is 4.28. The van der Waals surface area contributed by atoms with Crippen LogP contribution in [0.25, 0.3) is 0 Å². The summed E-state index contributed by atoms with van der Waals surface area (Å²) in [5, 5.41) is 0. The van der Waals surface area contributed by atoms with Gasteiger partial charge in [-0.05, 0) is 12.1 Å². The largest absolute Gasteiger partial charge is 0.384 e. The van der Waals surface area contributed by atoms with Crippen LogP contribution in [0.3, 0.4) is 0 Å². The number of sulfonamides is 1. The zero-order chi connectivity index (χ0) is 15.6. The first-order valence-electron chi connectivity index (χ1n) is 7.15. The fraction of sp³-hybridized carbons (Fsp3) is 0.400. The summed E-state index contributed by atoms with van der Waals surface area (Å²) in [5.41, 5.74) is 0. The second kappa shape index (κ2) is 6.20. The first kappa shape index (κ1) is 15.2. The Labute approximate surface area is 130 Å². The van der Waals surface area contributed by atoms with Gasteiger partial charge in [-0.2, -0.15) is 4.31 Å². The van der Waals surface area contributed by atoms with Crippen LogP contribution in [-0.4, -0.2) is 42.5 Å². The third-order valence-electron chi connectivity index (χ3n) is 3.82. The van der Waals surface area contributed by atoms with Crippen molar-refractivity contribution in [1.82, 2.24) is 13.9 Å². The van der Waals surface area contributed by atoms with Crippen molar-refractivity contribution in [2.75, 3.05) is 20.3 Å². The zero-order valence-corrected chi connectivity index (χ0v) is 13.2. The van der Waals surface area contributed by atoms with E-state index < -0.39 is 10.0 Å². The number of benzene rings is 1. The molecule has 1 atom stereocenters. The fourth-order valence-corrected chi connectivity index (χ4v) is 4.26. The van der Waals surface area contributed by atoms with Crippen LogP contribution in [0.2, 0.25) is 0 Å². The zero-order valence-electron chi connectivity index (χ0n) is 12.4. The minimum Gasteiger partial charge on any atom is -0.384 e. The van der Waals surface area contributed by atoms with E-state index >= 15 is 0 Å². The lowest BCUT2D eigenvalue weighted by Crippen LogP contribution is -2.35. The molecule has 2 heterocycles. The van der Waals surface area contributed by atoms with Gasteiger partial charge in [0.2, 0.25) is 10.0 Å². The van der Waals surface area contributed by atoms with Crippen LogP contribution in [0, 0.1) is 5.92 Å². The highest BCUT2D eigenvalue weighted by molar-refractivity contribution is 7.89. The number of methoxy groups -OCH3 is 1. The van der Waals surface area contributed by atoms with Gasteiger partial charge in [-0.1, -0.05) is 18.2 Å². The number of nitrogens with zero attached hydrogens (tertiary/aromatic N) is 3. The van der Waals surface area contributed by atoms with E-state index in [4.69, 9.17) is 4.74 Å². The second-order valence-electron chi connectivity index (χ2n) is 5.43. The van der Waals surface area contributed by atoms with Gasteiger partial charge in [0.25, 0.3) is 0 Å². The molecule has 0 bridgehead atoms. The van der Waals surface area contributed by atoms with E-state index in [2.05, 4.69) is 4.98 Å². The summed E-state index contributed by atoms with van der Waals surface area (Å²) in [4.78, 5) is 4.60. The number of imidazole rings is 1. The van der Waals surface area contributed by atoms with Crippen molar-refractivity contribution in [3.05, 3.63) is 48.5 Å². The Morgan fingerprint density at radius 1 is 1.27 bits per heavy atom. The highest BCUT2D eigenvalue weighted by Crippen LogP contribution is 2.23. The molecule has 1 aromatic heterocycles. The van der Waals surface area contributed by atoms with Gasteiger partial charge >= 0.3 is 0 Å². The monoisotopic (exact) mass is 321 g/mol. The van der Waals surface area contributed by atoms with Gasteiger partial charge in [-0.3, -0.25) is 0 Å². The highest BCUT2D eigenvalue weighted by Gasteiger charge is 2.31. The van der Waals surface area contributed by atoms with E-state index in [-0.39, 0.29) is 12.5 Å². The van der Waals surface area contributed by atoms with E-state index in [9.17, 15) is 8.42 Å². The molecule has 0 fully saturated rings. The SMILES string of the molecule is COCC1CN(S(=O)(=O)c2ccccc2)Cc2nccn2C1. The Hall–Kier alpha value is -1.70. The first-order chi connectivity index (χ1) is 10.6. The number of aromatic nitrogens is 2. The van der Waals surface area contributed by atoms with Gasteiger partial charge in [0.15, 0.2) is 0 Å². The van der Waals surface area contributed by atoms with Crippen molar-refractivity contribution in [1.29, 1.82) is 0 Å². The molecule has 1 aromatic carbocycles. The van der Waals surface area contributed by atoms with Gasteiger partial charge in [0.1, 0.15) is 5.82 Å². The minimum absolute atomic E-state index is 0.0962. The number of hydrogen-bond donors (Lipinski definition) is 0. The van der Waals surface area contributed by atoms with Gasteiger partial charge in [-0.25, -0.2) is 13.4 Å². The van der Waals surface area contributed by atoms with Crippen molar-refractivity contribution >= 4 is 10.0 Å². The molecular formula is C15H19N3O3S. The molecule has 118 valence electrons. The van der Waals surface area contributed by atoms with E-state index in [0.29, 0.717) is 24.6 Å². The predicted molar refractivity (Wildman–Crippen MR) is 81.6 cm³/mol. The molecule has 1 unspecified atom stereocenters. The third kappa shape index (κ3) is 2.92. The van der Waals surface area contributed by atoms with Gasteiger partial charge in [-0.15, -0.1) is 0 Å². The van der Waals surface area contributed by atoms with Gasteiger partial charge < -0.3 is 9.30 Å². The summed E-state index contributed by atoms with van der Waals surface area (Å²) in [7, 11) is -1.90. The van der Waals surface area contributed by atoms with Crippen molar-refractivity contribution in [3.63, 3.8) is 0 Å². The smallest absolute Gasteiger partial charge is 0.243 e. The van der Waals surface area contributed by atoms with Crippen LogP contribution in [0.1, 0.15) is 5.82 Å². The summed E-state index contributed by atoms with van der Waals surface area (Å²) in [6.07, 6.45) is 3.59. The predicted octanol–water partition coefficient (Wildman–Crippen LogP) is 1.35. The van der Waals surface area contributed by atoms with Crippen LogP contribution >= 0.6 is 0 Å². The summed E-state index contributed by atoms with van der Waals surface area (Å²) in [6.45, 7) is 1.93. The lowest BCUT2D eigenvalue weighted by molar-refractivity contribution is 0.135. The summed E-state index contributed by atoms with van der Waals surface area (Å²) < 4.78 is 34.5. The standard InChI is InChI=1S/C15H19N3O3S/c1-21-12-13-9-17-8-7-16-15(17)11-18(10-13)22(19,20)14-5-3-2-4-6-14/h2-8,13H,9-12H2,1H3. The Morgan fingerprint density at radius 2 is 2.05 bits per heavy atom. The lowest BCUT2D eigenvalue weighted by atomic mass is 10.1. The molecule has 0 saturated heterocycles. The number of ether oxygens (including phenoxy) is 1. The molecule has 0 aliphatic carbocycles. The molecule has 1 aliphatic heterocycles. The number of rotatable bonds is 4. The van der Waals surface area contributed by atoms with E-state index in [1.54, 1.807) is 37.6 Å². The second-order valence-corrected chi connectivity index (χ2v) is 7.37. The molecule has 6 nitrogen and oxygen atoms in total. The average molecular weight is 321 g/mol. The normalized spacial score (nSPS) is 19.6. The Bertz CT molecular complexity index is 728. The molecule has 1 aliphatic rings. The van der Waals surface area contributed by atoms with Crippen molar-refractivity contribution < 1.29 is 13.2 Å². The van der Waals surface area contributed by atoms with E-state index in [1.165, 1.54) is 4.31 Å². The van der Waals surface area contributed by atoms with Gasteiger partial charge in [0.05, 0.1) is 18.0 Å². The molecule has 0 N–H and O–H groups in total. The highest BCUT2D eigenvalue weighted by atomic mass is 32.2. The summed E-state index contributed by atoms with van der Waals surface area (Å²) >= 11 is 0. The Balaban J connectivity index is 1.95. The molecular weight excluding hydrogens is 302 g/mol. The van der Waals surface area contributed by atoms with Crippen molar-refractivity contribution in [3.8, 4) is 0 Å². The van der Waals surface area contributed by atoms with Crippen LogP contribution in [0.15, 0.2) is 47.6 Å².